The number of hydrogen-bond acceptors (Lipinski definition) is 5. The van der Waals surface area contributed by atoms with E-state index >= 15 is 0 Å². The van der Waals surface area contributed by atoms with Crippen molar-refractivity contribution in [3.8, 4) is 0 Å². The van der Waals surface area contributed by atoms with Gasteiger partial charge in [-0.3, -0.25) is 4.79 Å². The van der Waals surface area contributed by atoms with Crippen LogP contribution in [0.15, 0.2) is 47.4 Å². The molecule has 1 aliphatic carbocycles. The van der Waals surface area contributed by atoms with Crippen LogP contribution < -0.4 is 4.72 Å². The van der Waals surface area contributed by atoms with Crippen LogP contribution in [-0.4, -0.2) is 32.8 Å². The standard InChI is InChI=1S/C22H25NO5S/c1-3-15(2)23-29(26,27)20-11-9-17(10-12-20)22(25)28-14-21(24)19-8-7-16-5-4-6-18(16)13-19/h7-13,15,23H,3-6,14H2,1-2H3. The van der Waals surface area contributed by atoms with E-state index in [1.165, 1.54) is 35.4 Å². The molecule has 0 heterocycles. The zero-order valence-electron chi connectivity index (χ0n) is 16.6. The molecule has 1 aliphatic rings. The summed E-state index contributed by atoms with van der Waals surface area (Å²) in [7, 11) is -3.64. The number of aryl methyl sites for hydroxylation is 2. The van der Waals surface area contributed by atoms with Crippen LogP contribution in [0.2, 0.25) is 0 Å². The van der Waals surface area contributed by atoms with Gasteiger partial charge in [-0.05, 0) is 74.1 Å². The van der Waals surface area contributed by atoms with Gasteiger partial charge in [0, 0.05) is 11.6 Å². The van der Waals surface area contributed by atoms with E-state index in [9.17, 15) is 18.0 Å². The van der Waals surface area contributed by atoms with Crippen molar-refractivity contribution >= 4 is 21.8 Å². The molecule has 0 fully saturated rings. The smallest absolute Gasteiger partial charge is 0.338 e. The molecule has 2 aromatic rings. The minimum Gasteiger partial charge on any atom is -0.454 e. The summed E-state index contributed by atoms with van der Waals surface area (Å²) in [4.78, 5) is 24.6. The number of esters is 1. The second kappa shape index (κ2) is 8.88. The normalized spacial score (nSPS) is 14.3. The summed E-state index contributed by atoms with van der Waals surface area (Å²) in [5.74, 6) is -0.927. The third-order valence-electron chi connectivity index (χ3n) is 5.12. The summed E-state index contributed by atoms with van der Waals surface area (Å²) in [5, 5.41) is 0. The zero-order valence-corrected chi connectivity index (χ0v) is 17.4. The number of rotatable bonds is 8. The highest BCUT2D eigenvalue weighted by Gasteiger charge is 2.19. The van der Waals surface area contributed by atoms with Gasteiger partial charge in [0.15, 0.2) is 12.4 Å². The molecule has 0 aromatic heterocycles. The third-order valence-corrected chi connectivity index (χ3v) is 6.73. The van der Waals surface area contributed by atoms with Crippen LogP contribution in [0.4, 0.5) is 0 Å². The maximum Gasteiger partial charge on any atom is 0.338 e. The first kappa shape index (κ1) is 21.2. The van der Waals surface area contributed by atoms with Crippen molar-refractivity contribution in [2.75, 3.05) is 6.61 Å². The molecule has 0 bridgehead atoms. The number of hydrogen-bond donors (Lipinski definition) is 1. The predicted octanol–water partition coefficient (Wildman–Crippen LogP) is 3.29. The number of carbonyl (C=O) groups excluding carboxylic acids is 2. The summed E-state index contributed by atoms with van der Waals surface area (Å²) in [6, 6.07) is 10.9. The average Bonchev–Trinajstić information content (AvgIpc) is 3.19. The molecule has 0 saturated carbocycles. The van der Waals surface area contributed by atoms with Gasteiger partial charge in [0.2, 0.25) is 10.0 Å². The van der Waals surface area contributed by atoms with Crippen LogP contribution in [0.5, 0.6) is 0 Å². The molecule has 0 radical (unpaired) electrons. The lowest BCUT2D eigenvalue weighted by atomic mass is 10.0. The zero-order chi connectivity index (χ0) is 21.0. The van der Waals surface area contributed by atoms with Crippen molar-refractivity contribution < 1.29 is 22.7 Å². The number of benzene rings is 2. The summed E-state index contributed by atoms with van der Waals surface area (Å²) in [6.45, 7) is 3.31. The lowest BCUT2D eigenvalue weighted by Gasteiger charge is -2.12. The molecule has 1 atom stereocenters. The number of Topliss-reactive ketones (excluding diaryl/α,β-unsaturated/α-hetero) is 1. The van der Waals surface area contributed by atoms with Crippen LogP contribution in [0, 0.1) is 0 Å². The molecule has 0 aliphatic heterocycles. The Labute approximate surface area is 171 Å². The predicted molar refractivity (Wildman–Crippen MR) is 110 cm³/mol. The van der Waals surface area contributed by atoms with Crippen molar-refractivity contribution in [1.29, 1.82) is 0 Å². The SMILES string of the molecule is CCC(C)NS(=O)(=O)c1ccc(C(=O)OCC(=O)c2ccc3c(c2)CCC3)cc1. The van der Waals surface area contributed by atoms with Crippen LogP contribution in [0.1, 0.15) is 58.5 Å². The fourth-order valence-corrected chi connectivity index (χ4v) is 4.56. The van der Waals surface area contributed by atoms with Gasteiger partial charge in [0.05, 0.1) is 10.5 Å². The monoisotopic (exact) mass is 415 g/mol. The fraction of sp³-hybridized carbons (Fsp3) is 0.364. The average molecular weight is 416 g/mol. The Morgan fingerprint density at radius 2 is 1.69 bits per heavy atom. The molecule has 0 amide bonds. The third kappa shape index (κ3) is 5.10. The van der Waals surface area contributed by atoms with Crippen molar-refractivity contribution in [2.24, 2.45) is 0 Å². The Kier molecular flexibility index (Phi) is 6.49. The van der Waals surface area contributed by atoms with Gasteiger partial charge in [-0.1, -0.05) is 19.1 Å². The lowest BCUT2D eigenvalue weighted by molar-refractivity contribution is 0.0474. The minimum atomic E-state index is -3.64. The highest BCUT2D eigenvalue weighted by atomic mass is 32.2. The fourth-order valence-electron chi connectivity index (χ4n) is 3.23. The lowest BCUT2D eigenvalue weighted by Crippen LogP contribution is -2.32. The maximum absolute atomic E-state index is 12.3. The van der Waals surface area contributed by atoms with E-state index < -0.39 is 16.0 Å². The van der Waals surface area contributed by atoms with Crippen LogP contribution >= 0.6 is 0 Å². The maximum atomic E-state index is 12.3. The largest absolute Gasteiger partial charge is 0.454 e. The molecule has 6 nitrogen and oxygen atoms in total. The van der Waals surface area contributed by atoms with E-state index in [0.29, 0.717) is 12.0 Å². The second-order valence-electron chi connectivity index (χ2n) is 7.29. The topological polar surface area (TPSA) is 89.5 Å². The second-order valence-corrected chi connectivity index (χ2v) is 9.01. The van der Waals surface area contributed by atoms with Gasteiger partial charge in [0.1, 0.15) is 0 Å². The Morgan fingerprint density at radius 1 is 1.03 bits per heavy atom. The van der Waals surface area contributed by atoms with E-state index in [1.54, 1.807) is 13.0 Å². The van der Waals surface area contributed by atoms with Crippen LogP contribution in [0.3, 0.4) is 0 Å². The molecule has 2 aromatic carbocycles. The Bertz CT molecular complexity index is 1010. The van der Waals surface area contributed by atoms with Gasteiger partial charge in [-0.15, -0.1) is 0 Å². The summed E-state index contributed by atoms with van der Waals surface area (Å²) < 4.78 is 32.2. The van der Waals surface area contributed by atoms with E-state index in [4.69, 9.17) is 4.74 Å². The molecular weight excluding hydrogens is 390 g/mol. The quantitative estimate of drug-likeness (QED) is 0.528. The van der Waals surface area contributed by atoms with Gasteiger partial charge < -0.3 is 4.74 Å². The van der Waals surface area contributed by atoms with Gasteiger partial charge in [-0.2, -0.15) is 0 Å². The molecule has 29 heavy (non-hydrogen) atoms. The molecule has 1 N–H and O–H groups in total. The van der Waals surface area contributed by atoms with Crippen LogP contribution in [0.25, 0.3) is 0 Å². The first-order valence-corrected chi connectivity index (χ1v) is 11.2. The first-order valence-electron chi connectivity index (χ1n) is 9.74. The highest BCUT2D eigenvalue weighted by molar-refractivity contribution is 7.89. The molecule has 0 saturated heterocycles. The van der Waals surface area contributed by atoms with Gasteiger partial charge in [0.25, 0.3) is 0 Å². The van der Waals surface area contributed by atoms with Crippen LogP contribution in [-0.2, 0) is 27.6 Å². The minimum absolute atomic E-state index is 0.0727. The summed E-state index contributed by atoms with van der Waals surface area (Å²) in [6.07, 6.45) is 3.78. The number of nitrogens with one attached hydrogen (secondary N) is 1. The summed E-state index contributed by atoms with van der Waals surface area (Å²) >= 11 is 0. The summed E-state index contributed by atoms with van der Waals surface area (Å²) in [5.41, 5.74) is 3.19. The van der Waals surface area contributed by atoms with E-state index in [1.807, 2.05) is 19.1 Å². The van der Waals surface area contributed by atoms with Gasteiger partial charge >= 0.3 is 5.97 Å². The van der Waals surface area contributed by atoms with Gasteiger partial charge in [-0.25, -0.2) is 17.9 Å². The molecule has 0 spiro atoms. The highest BCUT2D eigenvalue weighted by Crippen LogP contribution is 2.23. The van der Waals surface area contributed by atoms with E-state index in [2.05, 4.69) is 4.72 Å². The molecule has 3 rings (SSSR count). The van der Waals surface area contributed by atoms with E-state index in [0.717, 1.165) is 19.3 Å². The Morgan fingerprint density at radius 3 is 2.38 bits per heavy atom. The number of ether oxygens (including phenoxy) is 1. The number of fused-ring (bicyclic) bond motifs is 1. The van der Waals surface area contributed by atoms with Crippen molar-refractivity contribution in [1.82, 2.24) is 4.72 Å². The van der Waals surface area contributed by atoms with Crippen molar-refractivity contribution in [3.05, 3.63) is 64.7 Å². The number of sulfonamides is 1. The van der Waals surface area contributed by atoms with Crippen molar-refractivity contribution in [2.45, 2.75) is 50.5 Å². The number of carbonyl (C=O) groups is 2. The molecule has 1 unspecified atom stereocenters. The molecular formula is C22H25NO5S. The molecule has 154 valence electrons. The first-order chi connectivity index (χ1) is 13.8. The van der Waals surface area contributed by atoms with E-state index in [-0.39, 0.29) is 28.9 Å². The number of ketones is 1. The molecule has 7 heteroatoms. The Hall–Kier alpha value is -2.51. The Balaban J connectivity index is 1.60. The van der Waals surface area contributed by atoms with Crippen molar-refractivity contribution in [3.63, 3.8) is 0 Å².